The smallest absolute Gasteiger partial charge is 0.297 e. The number of halogens is 2. The van der Waals surface area contributed by atoms with Gasteiger partial charge in [-0.05, 0) is 5.56 Å². The third kappa shape index (κ3) is 4.04. The molecular formula is C14H12F2N2O3. The van der Waals surface area contributed by atoms with E-state index in [1.165, 1.54) is 0 Å². The fourth-order valence-electron chi connectivity index (χ4n) is 1.69. The van der Waals surface area contributed by atoms with Crippen LogP contribution in [0.2, 0.25) is 0 Å². The van der Waals surface area contributed by atoms with Crippen LogP contribution in [-0.4, -0.2) is 4.92 Å². The number of nitro benzene ring substituents is 1. The monoisotopic (exact) mass is 294 g/mol. The molecule has 1 N–H and O–H groups in total. The first-order chi connectivity index (χ1) is 10.1. The van der Waals surface area contributed by atoms with E-state index in [2.05, 4.69) is 5.48 Å². The summed E-state index contributed by atoms with van der Waals surface area (Å²) in [5.74, 6) is -2.07. The molecule has 0 bridgehead atoms. The highest BCUT2D eigenvalue weighted by atomic mass is 19.1. The van der Waals surface area contributed by atoms with Crippen LogP contribution in [-0.2, 0) is 18.0 Å². The van der Waals surface area contributed by atoms with Gasteiger partial charge in [0.15, 0.2) is 0 Å². The lowest BCUT2D eigenvalue weighted by Crippen LogP contribution is -2.15. The van der Waals surface area contributed by atoms with Crippen LogP contribution in [0.1, 0.15) is 11.1 Å². The van der Waals surface area contributed by atoms with Crippen LogP contribution in [0.25, 0.3) is 0 Å². The highest BCUT2D eigenvalue weighted by Crippen LogP contribution is 2.21. The van der Waals surface area contributed by atoms with Crippen molar-refractivity contribution in [3.63, 3.8) is 0 Å². The van der Waals surface area contributed by atoms with E-state index in [-0.39, 0.29) is 18.7 Å². The maximum absolute atomic E-state index is 13.5. The summed E-state index contributed by atoms with van der Waals surface area (Å²) in [6.07, 6.45) is 0. The second-order valence-electron chi connectivity index (χ2n) is 4.25. The van der Waals surface area contributed by atoms with Crippen molar-refractivity contribution in [2.24, 2.45) is 0 Å². The van der Waals surface area contributed by atoms with Gasteiger partial charge in [-0.25, -0.2) is 4.39 Å². The van der Waals surface area contributed by atoms with Gasteiger partial charge in [-0.3, -0.25) is 15.0 Å². The van der Waals surface area contributed by atoms with Gasteiger partial charge < -0.3 is 0 Å². The molecule has 0 amide bonds. The second-order valence-corrected chi connectivity index (χ2v) is 4.25. The minimum atomic E-state index is -1.20. The van der Waals surface area contributed by atoms with E-state index in [4.69, 9.17) is 4.84 Å². The molecule has 110 valence electrons. The third-order valence-corrected chi connectivity index (χ3v) is 2.76. The van der Waals surface area contributed by atoms with E-state index in [0.717, 1.165) is 11.6 Å². The van der Waals surface area contributed by atoms with Crippen molar-refractivity contribution in [3.8, 4) is 0 Å². The molecule has 2 aromatic rings. The van der Waals surface area contributed by atoms with Crippen LogP contribution in [0.15, 0.2) is 42.5 Å². The molecular weight excluding hydrogens is 282 g/mol. The topological polar surface area (TPSA) is 64.4 Å². The summed E-state index contributed by atoms with van der Waals surface area (Å²) in [6.45, 7) is 0.144. The molecule has 0 radical (unpaired) electrons. The molecule has 2 rings (SSSR count). The Balaban J connectivity index is 1.94. The lowest BCUT2D eigenvalue weighted by molar-refractivity contribution is -0.387. The fraction of sp³-hybridized carbons (Fsp3) is 0.143. The van der Waals surface area contributed by atoms with E-state index < -0.39 is 22.2 Å². The van der Waals surface area contributed by atoms with Gasteiger partial charge in [0, 0.05) is 24.2 Å². The predicted octanol–water partition coefficient (Wildman–Crippen LogP) is 3.09. The lowest BCUT2D eigenvalue weighted by atomic mass is 10.2. The van der Waals surface area contributed by atoms with E-state index >= 15 is 0 Å². The van der Waals surface area contributed by atoms with Gasteiger partial charge >= 0.3 is 5.69 Å². The van der Waals surface area contributed by atoms with Gasteiger partial charge in [-0.15, -0.1) is 0 Å². The van der Waals surface area contributed by atoms with Crippen LogP contribution in [0.3, 0.4) is 0 Å². The zero-order valence-corrected chi connectivity index (χ0v) is 10.9. The van der Waals surface area contributed by atoms with Crippen molar-refractivity contribution in [2.45, 2.75) is 13.2 Å². The van der Waals surface area contributed by atoms with E-state index in [1.54, 1.807) is 0 Å². The Hall–Kier alpha value is -2.38. The van der Waals surface area contributed by atoms with Crippen molar-refractivity contribution in [1.82, 2.24) is 5.48 Å². The molecule has 0 aliphatic carbocycles. The Morgan fingerprint density at radius 1 is 1.14 bits per heavy atom. The molecule has 0 heterocycles. The third-order valence-electron chi connectivity index (χ3n) is 2.76. The summed E-state index contributed by atoms with van der Waals surface area (Å²) in [5.41, 5.74) is 2.59. The zero-order chi connectivity index (χ0) is 15.2. The van der Waals surface area contributed by atoms with Gasteiger partial charge in [0.25, 0.3) is 0 Å². The number of hydrogen-bond donors (Lipinski definition) is 1. The van der Waals surface area contributed by atoms with Crippen LogP contribution in [0.4, 0.5) is 14.5 Å². The standard InChI is InChI=1S/C14H12F2N2O3/c15-12-7-13(16)14(18(19)20)6-11(12)8-17-21-9-10-4-2-1-3-5-10/h1-7,17H,8-9H2. The molecule has 21 heavy (non-hydrogen) atoms. The quantitative estimate of drug-likeness (QED) is 0.505. The Kier molecular flexibility index (Phi) is 4.91. The lowest BCUT2D eigenvalue weighted by Gasteiger charge is -2.07. The summed E-state index contributed by atoms with van der Waals surface area (Å²) in [6, 6.07) is 10.6. The minimum Gasteiger partial charge on any atom is -0.297 e. The maximum Gasteiger partial charge on any atom is 0.305 e. The van der Waals surface area contributed by atoms with Crippen molar-refractivity contribution in [3.05, 3.63) is 75.3 Å². The number of rotatable bonds is 6. The molecule has 7 heteroatoms. The largest absolute Gasteiger partial charge is 0.305 e. The Morgan fingerprint density at radius 3 is 2.52 bits per heavy atom. The number of nitrogens with one attached hydrogen (secondary N) is 1. The van der Waals surface area contributed by atoms with Crippen LogP contribution in [0.5, 0.6) is 0 Å². The molecule has 5 nitrogen and oxygen atoms in total. The van der Waals surface area contributed by atoms with Crippen molar-refractivity contribution < 1.29 is 18.5 Å². The number of benzene rings is 2. The second kappa shape index (κ2) is 6.87. The average molecular weight is 294 g/mol. The van der Waals surface area contributed by atoms with Gasteiger partial charge in [-0.1, -0.05) is 30.3 Å². The van der Waals surface area contributed by atoms with Crippen LogP contribution >= 0.6 is 0 Å². The molecule has 0 spiro atoms. The summed E-state index contributed by atoms with van der Waals surface area (Å²) in [5, 5.41) is 10.6. The molecule has 0 aromatic heterocycles. The molecule has 0 aliphatic heterocycles. The summed E-state index contributed by atoms with van der Waals surface area (Å²) >= 11 is 0. The first-order valence-electron chi connectivity index (χ1n) is 6.09. The van der Waals surface area contributed by atoms with Crippen molar-refractivity contribution in [2.75, 3.05) is 0 Å². The number of hydrogen-bond acceptors (Lipinski definition) is 4. The van der Waals surface area contributed by atoms with Crippen LogP contribution in [0, 0.1) is 21.7 Å². The first kappa shape index (κ1) is 15.0. The van der Waals surface area contributed by atoms with Crippen molar-refractivity contribution >= 4 is 5.69 Å². The summed E-state index contributed by atoms with van der Waals surface area (Å²) < 4.78 is 26.6. The molecule has 0 fully saturated rings. The Bertz CT molecular complexity index is 636. The highest BCUT2D eigenvalue weighted by molar-refractivity contribution is 5.37. The fourth-order valence-corrected chi connectivity index (χ4v) is 1.69. The highest BCUT2D eigenvalue weighted by Gasteiger charge is 2.18. The molecule has 0 atom stereocenters. The van der Waals surface area contributed by atoms with Crippen molar-refractivity contribution in [1.29, 1.82) is 0 Å². The molecule has 0 unspecified atom stereocenters. The van der Waals surface area contributed by atoms with E-state index in [9.17, 15) is 18.9 Å². The predicted molar refractivity (Wildman–Crippen MR) is 71.1 cm³/mol. The van der Waals surface area contributed by atoms with Crippen LogP contribution < -0.4 is 5.48 Å². The zero-order valence-electron chi connectivity index (χ0n) is 10.9. The summed E-state index contributed by atoms with van der Waals surface area (Å²) in [7, 11) is 0. The number of nitro groups is 1. The van der Waals surface area contributed by atoms with Gasteiger partial charge in [0.05, 0.1) is 11.5 Å². The summed E-state index contributed by atoms with van der Waals surface area (Å²) in [4.78, 5) is 14.8. The van der Waals surface area contributed by atoms with Gasteiger partial charge in [0.2, 0.25) is 5.82 Å². The minimum absolute atomic E-state index is 0.0452. The molecule has 0 saturated heterocycles. The Labute approximate surface area is 119 Å². The SMILES string of the molecule is O=[N+]([O-])c1cc(CNOCc2ccccc2)c(F)cc1F. The normalized spacial score (nSPS) is 10.6. The molecule has 0 aliphatic rings. The average Bonchev–Trinajstić information content (AvgIpc) is 2.46. The van der Waals surface area contributed by atoms with Gasteiger partial charge in [-0.2, -0.15) is 9.87 Å². The van der Waals surface area contributed by atoms with E-state index in [0.29, 0.717) is 6.07 Å². The molecule has 0 saturated carbocycles. The molecule has 2 aromatic carbocycles. The first-order valence-corrected chi connectivity index (χ1v) is 6.09. The maximum atomic E-state index is 13.5. The van der Waals surface area contributed by atoms with E-state index in [1.807, 2.05) is 30.3 Å². The number of hydroxylamine groups is 1. The number of nitrogens with zero attached hydrogens (tertiary/aromatic N) is 1. The Morgan fingerprint density at radius 2 is 1.86 bits per heavy atom. The van der Waals surface area contributed by atoms with Gasteiger partial charge in [0.1, 0.15) is 5.82 Å².